The maximum absolute atomic E-state index is 12.0. The minimum atomic E-state index is -1.06. The summed E-state index contributed by atoms with van der Waals surface area (Å²) in [6.07, 6.45) is 0. The third kappa shape index (κ3) is 4.85. The van der Waals surface area contributed by atoms with Gasteiger partial charge in [0.2, 0.25) is 5.91 Å². The van der Waals surface area contributed by atoms with Gasteiger partial charge in [-0.3, -0.25) is 19.7 Å². The zero-order chi connectivity index (χ0) is 16.7. The first-order valence-corrected chi connectivity index (χ1v) is 6.22. The van der Waals surface area contributed by atoms with Crippen LogP contribution in [0, 0.1) is 10.1 Å². The maximum Gasteiger partial charge on any atom is 0.330 e. The van der Waals surface area contributed by atoms with Crippen LogP contribution in [-0.4, -0.2) is 42.4 Å². The van der Waals surface area contributed by atoms with Gasteiger partial charge in [0.15, 0.2) is 0 Å². The van der Waals surface area contributed by atoms with Crippen molar-refractivity contribution < 1.29 is 24.0 Å². The summed E-state index contributed by atoms with van der Waals surface area (Å²) in [5.74, 6) is -1.70. The van der Waals surface area contributed by atoms with Gasteiger partial charge in [-0.15, -0.1) is 0 Å². The van der Waals surface area contributed by atoms with Gasteiger partial charge in [-0.25, -0.2) is 4.79 Å². The van der Waals surface area contributed by atoms with Crippen LogP contribution in [0.15, 0.2) is 24.3 Å². The van der Waals surface area contributed by atoms with Crippen molar-refractivity contribution in [1.82, 2.24) is 10.6 Å². The number of hydrogen-bond acceptors (Lipinski definition) is 6. The van der Waals surface area contributed by atoms with E-state index >= 15 is 0 Å². The molecule has 22 heavy (non-hydrogen) atoms. The molecule has 0 aliphatic carbocycles. The van der Waals surface area contributed by atoms with Crippen molar-refractivity contribution in [3.05, 3.63) is 39.9 Å². The third-order valence-corrected chi connectivity index (χ3v) is 2.69. The molecule has 0 fully saturated rings. The van der Waals surface area contributed by atoms with E-state index in [-0.39, 0.29) is 23.7 Å². The summed E-state index contributed by atoms with van der Waals surface area (Å²) >= 11 is 0. The van der Waals surface area contributed by atoms with Gasteiger partial charge in [0.1, 0.15) is 6.04 Å². The number of non-ortho nitro benzene ring substituents is 1. The molecule has 2 amide bonds. The molecule has 9 heteroatoms. The first-order valence-electron chi connectivity index (χ1n) is 6.22. The highest BCUT2D eigenvalue weighted by molar-refractivity contribution is 5.97. The largest absolute Gasteiger partial charge is 0.467 e. The lowest BCUT2D eigenvalue weighted by atomic mass is 10.1. The molecule has 0 bridgehead atoms. The van der Waals surface area contributed by atoms with Gasteiger partial charge in [0, 0.05) is 31.2 Å². The Morgan fingerprint density at radius 2 is 1.86 bits per heavy atom. The number of esters is 1. The fourth-order valence-electron chi connectivity index (χ4n) is 1.56. The first-order chi connectivity index (χ1) is 10.3. The van der Waals surface area contributed by atoms with Crippen LogP contribution in [0.3, 0.4) is 0 Å². The monoisotopic (exact) mass is 309 g/mol. The van der Waals surface area contributed by atoms with Gasteiger partial charge >= 0.3 is 5.97 Å². The molecule has 0 aromatic heterocycles. The van der Waals surface area contributed by atoms with Crippen molar-refractivity contribution in [2.45, 2.75) is 13.0 Å². The number of nitro benzene ring substituents is 1. The van der Waals surface area contributed by atoms with Crippen LogP contribution in [0.2, 0.25) is 0 Å². The van der Waals surface area contributed by atoms with Crippen molar-refractivity contribution in [2.24, 2.45) is 0 Å². The number of nitrogens with zero attached hydrogens (tertiary/aromatic N) is 1. The standard InChI is InChI=1S/C13H15N3O6/c1-8(17)14-7-11(13(19)22-2)15-12(18)9-3-5-10(6-4-9)16(20)21/h3-6,11H,7H2,1-2H3,(H,14,17)(H,15,18)/t11-/m0/s1. The van der Waals surface area contributed by atoms with Crippen LogP contribution < -0.4 is 10.6 Å². The number of carbonyl (C=O) groups excluding carboxylic acids is 3. The summed E-state index contributed by atoms with van der Waals surface area (Å²) in [6.45, 7) is 1.15. The Labute approximate surface area is 125 Å². The smallest absolute Gasteiger partial charge is 0.330 e. The van der Waals surface area contributed by atoms with Gasteiger partial charge in [-0.05, 0) is 12.1 Å². The number of amides is 2. The van der Waals surface area contributed by atoms with Crippen molar-refractivity contribution in [3.63, 3.8) is 0 Å². The van der Waals surface area contributed by atoms with E-state index in [9.17, 15) is 24.5 Å². The zero-order valence-electron chi connectivity index (χ0n) is 12.0. The summed E-state index contributed by atoms with van der Waals surface area (Å²) < 4.78 is 4.54. The van der Waals surface area contributed by atoms with Crippen molar-refractivity contribution >= 4 is 23.5 Å². The van der Waals surface area contributed by atoms with Crippen LogP contribution in [0.1, 0.15) is 17.3 Å². The molecular formula is C13H15N3O6. The van der Waals surface area contributed by atoms with Crippen molar-refractivity contribution in [2.75, 3.05) is 13.7 Å². The highest BCUT2D eigenvalue weighted by atomic mass is 16.6. The van der Waals surface area contributed by atoms with Crippen LogP contribution in [-0.2, 0) is 14.3 Å². The molecule has 0 heterocycles. The van der Waals surface area contributed by atoms with Crippen LogP contribution in [0.25, 0.3) is 0 Å². The van der Waals surface area contributed by atoms with E-state index in [0.29, 0.717) is 0 Å². The Balaban J connectivity index is 2.78. The molecule has 0 radical (unpaired) electrons. The molecule has 9 nitrogen and oxygen atoms in total. The fraction of sp³-hybridized carbons (Fsp3) is 0.308. The van der Waals surface area contributed by atoms with E-state index < -0.39 is 22.8 Å². The van der Waals surface area contributed by atoms with Gasteiger partial charge in [-0.1, -0.05) is 0 Å². The third-order valence-electron chi connectivity index (χ3n) is 2.69. The second kappa shape index (κ2) is 7.72. The number of ether oxygens (including phenoxy) is 1. The number of nitrogens with one attached hydrogen (secondary N) is 2. The van der Waals surface area contributed by atoms with Gasteiger partial charge in [-0.2, -0.15) is 0 Å². The van der Waals surface area contributed by atoms with E-state index in [0.717, 1.165) is 7.11 Å². The molecule has 1 atom stereocenters. The van der Waals surface area contributed by atoms with Crippen LogP contribution >= 0.6 is 0 Å². The summed E-state index contributed by atoms with van der Waals surface area (Å²) in [5, 5.41) is 15.3. The molecule has 0 aliphatic rings. The van der Waals surface area contributed by atoms with Crippen molar-refractivity contribution in [1.29, 1.82) is 0 Å². The van der Waals surface area contributed by atoms with Crippen molar-refractivity contribution in [3.8, 4) is 0 Å². The lowest BCUT2D eigenvalue weighted by molar-refractivity contribution is -0.384. The molecule has 0 spiro atoms. The molecule has 0 saturated heterocycles. The fourth-order valence-corrected chi connectivity index (χ4v) is 1.56. The van der Waals surface area contributed by atoms with Crippen LogP contribution in [0.5, 0.6) is 0 Å². The molecule has 118 valence electrons. The number of benzene rings is 1. The van der Waals surface area contributed by atoms with E-state index in [1.54, 1.807) is 0 Å². The Kier molecular flexibility index (Phi) is 5.99. The highest BCUT2D eigenvalue weighted by Crippen LogP contribution is 2.11. The minimum Gasteiger partial charge on any atom is -0.467 e. The maximum atomic E-state index is 12.0. The quantitative estimate of drug-likeness (QED) is 0.432. The van der Waals surface area contributed by atoms with Gasteiger partial charge in [0.25, 0.3) is 11.6 Å². The summed E-state index contributed by atoms with van der Waals surface area (Å²) in [5.41, 5.74) is -0.0124. The predicted molar refractivity (Wildman–Crippen MR) is 75.1 cm³/mol. The summed E-state index contributed by atoms with van der Waals surface area (Å²) in [6, 6.07) is 3.82. The molecular weight excluding hydrogens is 294 g/mol. The molecule has 1 rings (SSSR count). The molecule has 2 N–H and O–H groups in total. The molecule has 1 aromatic rings. The van der Waals surface area contributed by atoms with E-state index in [4.69, 9.17) is 0 Å². The average Bonchev–Trinajstić information content (AvgIpc) is 2.50. The topological polar surface area (TPSA) is 128 Å². The molecule has 1 aromatic carbocycles. The SMILES string of the molecule is COC(=O)[C@H](CNC(C)=O)NC(=O)c1ccc([N+](=O)[O-])cc1. The number of methoxy groups -OCH3 is 1. The predicted octanol–water partition coefficient (Wildman–Crippen LogP) is 0.00230. The first kappa shape index (κ1) is 17.1. The number of hydrogen-bond donors (Lipinski definition) is 2. The van der Waals surface area contributed by atoms with E-state index in [1.807, 2.05) is 0 Å². The lowest BCUT2D eigenvalue weighted by Crippen LogP contribution is -2.48. The molecule has 0 aliphatic heterocycles. The number of nitro groups is 1. The Morgan fingerprint density at radius 3 is 2.32 bits per heavy atom. The summed E-state index contributed by atoms with van der Waals surface area (Å²) in [4.78, 5) is 44.4. The Bertz CT molecular complexity index is 584. The normalized spacial score (nSPS) is 11.2. The average molecular weight is 309 g/mol. The second-order valence-electron chi connectivity index (χ2n) is 4.29. The minimum absolute atomic E-state index is 0.124. The Morgan fingerprint density at radius 1 is 1.27 bits per heavy atom. The van der Waals surface area contributed by atoms with E-state index in [1.165, 1.54) is 31.2 Å². The second-order valence-corrected chi connectivity index (χ2v) is 4.29. The van der Waals surface area contributed by atoms with E-state index in [2.05, 4.69) is 15.4 Å². The Hall–Kier alpha value is -2.97. The molecule has 0 unspecified atom stereocenters. The van der Waals surface area contributed by atoms with Gasteiger partial charge < -0.3 is 15.4 Å². The number of rotatable bonds is 6. The lowest BCUT2D eigenvalue weighted by Gasteiger charge is -2.16. The highest BCUT2D eigenvalue weighted by Gasteiger charge is 2.22. The van der Waals surface area contributed by atoms with Crippen LogP contribution in [0.4, 0.5) is 5.69 Å². The zero-order valence-corrected chi connectivity index (χ0v) is 12.0. The molecule has 0 saturated carbocycles. The number of carbonyl (C=O) groups is 3. The summed E-state index contributed by atoms with van der Waals surface area (Å²) in [7, 11) is 1.15. The van der Waals surface area contributed by atoms with Gasteiger partial charge in [0.05, 0.1) is 12.0 Å².